The molecular formula is C27H27FN4O4. The van der Waals surface area contributed by atoms with Gasteiger partial charge in [0, 0.05) is 49.7 Å². The Bertz CT molecular complexity index is 1270. The number of non-ortho nitro benzene ring substituents is 1. The van der Waals surface area contributed by atoms with Gasteiger partial charge in [-0.3, -0.25) is 14.9 Å². The van der Waals surface area contributed by atoms with E-state index in [4.69, 9.17) is 4.74 Å². The first-order valence-corrected chi connectivity index (χ1v) is 11.9. The van der Waals surface area contributed by atoms with Crippen LogP contribution in [0.2, 0.25) is 0 Å². The quantitative estimate of drug-likeness (QED) is 0.416. The SMILES string of the molecule is COc1ccc(N2CCN3c4ccc([N+](=O)[O-])cc4CC(C(=O)NCc4ccc(F)cc4)C3C2)cc1. The van der Waals surface area contributed by atoms with Crippen molar-refractivity contribution >= 4 is 23.0 Å². The van der Waals surface area contributed by atoms with Crippen LogP contribution in [0.25, 0.3) is 0 Å². The van der Waals surface area contributed by atoms with Crippen molar-refractivity contribution in [3.05, 3.63) is 93.8 Å². The number of methoxy groups -OCH3 is 1. The third kappa shape index (κ3) is 4.68. The minimum Gasteiger partial charge on any atom is -0.497 e. The molecule has 2 aliphatic rings. The summed E-state index contributed by atoms with van der Waals surface area (Å²) in [5.41, 5.74) is 3.63. The van der Waals surface area contributed by atoms with Crippen molar-refractivity contribution in [3.8, 4) is 5.75 Å². The molecule has 1 amide bonds. The Kier molecular flexibility index (Phi) is 6.45. The van der Waals surface area contributed by atoms with Crippen LogP contribution >= 0.6 is 0 Å². The molecule has 1 N–H and O–H groups in total. The van der Waals surface area contributed by atoms with Crippen molar-refractivity contribution in [2.45, 2.75) is 19.0 Å². The van der Waals surface area contributed by atoms with E-state index in [1.54, 1.807) is 31.4 Å². The molecular weight excluding hydrogens is 463 g/mol. The standard InChI is InChI=1S/C27H27FN4O4/c1-36-23-9-6-21(7-10-23)30-12-13-31-25-11-8-22(32(34)35)14-19(25)15-24(26(31)17-30)27(33)29-16-18-2-4-20(28)5-3-18/h2-11,14,24,26H,12-13,15-17H2,1H3,(H,29,33). The van der Waals surface area contributed by atoms with E-state index in [0.29, 0.717) is 19.5 Å². The number of amides is 1. The molecule has 5 rings (SSSR count). The van der Waals surface area contributed by atoms with Crippen molar-refractivity contribution in [3.63, 3.8) is 0 Å². The molecule has 0 bridgehead atoms. The second-order valence-electron chi connectivity index (χ2n) is 9.13. The second kappa shape index (κ2) is 9.85. The molecule has 0 aromatic heterocycles. The number of anilines is 2. The van der Waals surface area contributed by atoms with E-state index in [9.17, 15) is 19.3 Å². The Hall–Kier alpha value is -4.14. The number of halogens is 1. The van der Waals surface area contributed by atoms with E-state index in [0.717, 1.165) is 34.8 Å². The number of carbonyl (C=O) groups excluding carboxylic acids is 1. The van der Waals surface area contributed by atoms with E-state index in [1.807, 2.05) is 24.3 Å². The minimum absolute atomic E-state index is 0.0227. The number of carbonyl (C=O) groups is 1. The van der Waals surface area contributed by atoms with Gasteiger partial charge >= 0.3 is 0 Å². The van der Waals surface area contributed by atoms with Gasteiger partial charge in [-0.2, -0.15) is 0 Å². The zero-order valence-electron chi connectivity index (χ0n) is 19.9. The molecule has 2 heterocycles. The van der Waals surface area contributed by atoms with Gasteiger partial charge in [0.25, 0.3) is 5.69 Å². The van der Waals surface area contributed by atoms with Gasteiger partial charge in [0.15, 0.2) is 0 Å². The van der Waals surface area contributed by atoms with Gasteiger partial charge < -0.3 is 19.9 Å². The summed E-state index contributed by atoms with van der Waals surface area (Å²) in [4.78, 5) is 28.9. The highest BCUT2D eigenvalue weighted by molar-refractivity contribution is 5.82. The molecule has 1 saturated heterocycles. The van der Waals surface area contributed by atoms with Gasteiger partial charge in [-0.1, -0.05) is 12.1 Å². The molecule has 3 aromatic rings. The topological polar surface area (TPSA) is 87.9 Å². The highest BCUT2D eigenvalue weighted by Gasteiger charge is 2.42. The molecule has 1 fully saturated rings. The summed E-state index contributed by atoms with van der Waals surface area (Å²) in [5.74, 6) is -0.0697. The first-order chi connectivity index (χ1) is 17.4. The number of rotatable bonds is 6. The number of nitro groups is 1. The van der Waals surface area contributed by atoms with Crippen LogP contribution in [-0.2, 0) is 17.8 Å². The van der Waals surface area contributed by atoms with Crippen LogP contribution < -0.4 is 19.9 Å². The fourth-order valence-corrected chi connectivity index (χ4v) is 5.17. The lowest BCUT2D eigenvalue weighted by molar-refractivity contribution is -0.384. The lowest BCUT2D eigenvalue weighted by atomic mass is 9.83. The Morgan fingerprint density at radius 1 is 1.11 bits per heavy atom. The Labute approximate surface area is 208 Å². The third-order valence-electron chi connectivity index (χ3n) is 7.06. The average Bonchev–Trinajstić information content (AvgIpc) is 2.91. The molecule has 186 valence electrons. The average molecular weight is 491 g/mol. The lowest BCUT2D eigenvalue weighted by Crippen LogP contribution is -2.61. The van der Waals surface area contributed by atoms with Crippen molar-refractivity contribution in [1.82, 2.24) is 5.32 Å². The van der Waals surface area contributed by atoms with E-state index in [1.165, 1.54) is 18.2 Å². The molecule has 3 aromatic carbocycles. The highest BCUT2D eigenvalue weighted by Crippen LogP contribution is 2.38. The summed E-state index contributed by atoms with van der Waals surface area (Å²) < 4.78 is 18.5. The lowest BCUT2D eigenvalue weighted by Gasteiger charge is -2.49. The smallest absolute Gasteiger partial charge is 0.269 e. The zero-order valence-corrected chi connectivity index (χ0v) is 19.9. The van der Waals surface area contributed by atoms with Crippen LogP contribution in [0.4, 0.5) is 21.5 Å². The van der Waals surface area contributed by atoms with Crippen molar-refractivity contribution in [2.24, 2.45) is 5.92 Å². The number of nitro benzene ring substituents is 1. The maximum absolute atomic E-state index is 13.5. The summed E-state index contributed by atoms with van der Waals surface area (Å²) >= 11 is 0. The van der Waals surface area contributed by atoms with Crippen molar-refractivity contribution in [2.75, 3.05) is 36.5 Å². The van der Waals surface area contributed by atoms with Crippen LogP contribution in [-0.4, -0.2) is 43.6 Å². The summed E-state index contributed by atoms with van der Waals surface area (Å²) in [7, 11) is 1.63. The molecule has 0 aliphatic carbocycles. The van der Waals surface area contributed by atoms with E-state index in [-0.39, 0.29) is 30.0 Å². The molecule has 36 heavy (non-hydrogen) atoms. The molecule has 2 atom stereocenters. The molecule has 0 radical (unpaired) electrons. The number of piperazine rings is 1. The fourth-order valence-electron chi connectivity index (χ4n) is 5.17. The summed E-state index contributed by atoms with van der Waals surface area (Å²) in [6.07, 6.45) is 0.407. The zero-order chi connectivity index (χ0) is 25.2. The van der Waals surface area contributed by atoms with Gasteiger partial charge in [-0.15, -0.1) is 0 Å². The maximum atomic E-state index is 13.5. The predicted molar refractivity (Wildman–Crippen MR) is 135 cm³/mol. The number of fused-ring (bicyclic) bond motifs is 3. The molecule has 9 heteroatoms. The summed E-state index contributed by atoms with van der Waals surface area (Å²) in [5, 5.41) is 14.4. The van der Waals surface area contributed by atoms with Crippen molar-refractivity contribution < 1.29 is 18.8 Å². The maximum Gasteiger partial charge on any atom is 0.269 e. The minimum atomic E-state index is -0.405. The van der Waals surface area contributed by atoms with Gasteiger partial charge in [-0.05, 0) is 60.0 Å². The van der Waals surface area contributed by atoms with E-state index >= 15 is 0 Å². The predicted octanol–water partition coefficient (Wildman–Crippen LogP) is 3.93. The largest absolute Gasteiger partial charge is 0.497 e. The molecule has 0 saturated carbocycles. The van der Waals surface area contributed by atoms with Gasteiger partial charge in [0.2, 0.25) is 5.91 Å². The molecule has 8 nitrogen and oxygen atoms in total. The Morgan fingerprint density at radius 3 is 2.56 bits per heavy atom. The van der Waals surface area contributed by atoms with Gasteiger partial charge in [0.1, 0.15) is 11.6 Å². The van der Waals surface area contributed by atoms with E-state index < -0.39 is 10.8 Å². The number of nitrogens with zero attached hydrogens (tertiary/aromatic N) is 3. The first-order valence-electron chi connectivity index (χ1n) is 11.9. The number of hydrogen-bond donors (Lipinski definition) is 1. The van der Waals surface area contributed by atoms with E-state index in [2.05, 4.69) is 15.1 Å². The normalized spacial score (nSPS) is 18.7. The number of hydrogen-bond acceptors (Lipinski definition) is 6. The molecule has 2 aliphatic heterocycles. The molecule has 2 unspecified atom stereocenters. The number of benzene rings is 3. The number of ether oxygens (including phenoxy) is 1. The van der Waals surface area contributed by atoms with Crippen LogP contribution in [0, 0.1) is 21.8 Å². The van der Waals surface area contributed by atoms with Crippen LogP contribution in [0.3, 0.4) is 0 Å². The summed E-state index contributed by atoms with van der Waals surface area (Å²) in [6.45, 7) is 2.36. The van der Waals surface area contributed by atoms with Crippen LogP contribution in [0.15, 0.2) is 66.7 Å². The fraction of sp³-hybridized carbons (Fsp3) is 0.296. The van der Waals surface area contributed by atoms with Gasteiger partial charge in [-0.25, -0.2) is 4.39 Å². The Balaban J connectivity index is 1.41. The monoisotopic (exact) mass is 490 g/mol. The first kappa shape index (κ1) is 23.6. The summed E-state index contributed by atoms with van der Waals surface area (Å²) in [6, 6.07) is 18.7. The van der Waals surface area contributed by atoms with Crippen LogP contribution in [0.5, 0.6) is 5.75 Å². The van der Waals surface area contributed by atoms with Crippen LogP contribution in [0.1, 0.15) is 11.1 Å². The van der Waals surface area contributed by atoms with Gasteiger partial charge in [0.05, 0.1) is 24.0 Å². The van der Waals surface area contributed by atoms with Crippen molar-refractivity contribution in [1.29, 1.82) is 0 Å². The molecule has 0 spiro atoms. The second-order valence-corrected chi connectivity index (χ2v) is 9.13. The Morgan fingerprint density at radius 2 is 1.86 bits per heavy atom. The highest BCUT2D eigenvalue weighted by atomic mass is 19.1. The third-order valence-corrected chi connectivity index (χ3v) is 7.06. The number of nitrogens with one attached hydrogen (secondary N) is 1.